The summed E-state index contributed by atoms with van der Waals surface area (Å²) in [6.45, 7) is 0. The van der Waals surface area contributed by atoms with Crippen LogP contribution in [0.1, 0.15) is 6.42 Å². The first-order chi connectivity index (χ1) is 14.3. The quantitative estimate of drug-likeness (QED) is 0.604. The van der Waals surface area contributed by atoms with Crippen molar-refractivity contribution in [3.63, 3.8) is 0 Å². The van der Waals surface area contributed by atoms with Gasteiger partial charge in [0.2, 0.25) is 0 Å². The number of rotatable bonds is 2. The second-order valence-corrected chi connectivity index (χ2v) is 14.0. The summed E-state index contributed by atoms with van der Waals surface area (Å²) in [6.07, 6.45) is 3.98. The van der Waals surface area contributed by atoms with E-state index in [1.807, 2.05) is 18.2 Å². The predicted octanol–water partition coefficient (Wildman–Crippen LogP) is 2.76. The van der Waals surface area contributed by atoms with Crippen molar-refractivity contribution in [2.24, 2.45) is 87.7 Å². The third-order valence-electron chi connectivity index (χ3n) is 16.7. The van der Waals surface area contributed by atoms with Crippen LogP contribution in [0.5, 0.6) is 0 Å². The summed E-state index contributed by atoms with van der Waals surface area (Å²) < 4.78 is 5.33. The maximum Gasteiger partial charge on any atom is 0.336 e. The maximum atomic E-state index is 11.5. The van der Waals surface area contributed by atoms with E-state index in [1.165, 1.54) is 12.0 Å². The van der Waals surface area contributed by atoms with Crippen LogP contribution >= 0.6 is 0 Å². The zero-order chi connectivity index (χ0) is 17.4. The van der Waals surface area contributed by atoms with Crippen LogP contribution in [0, 0.1) is 82.7 Å². The number of aliphatic imine (C=N–C) groups is 1. The molecule has 132 valence electrons. The zero-order valence-electron chi connectivity index (χ0n) is 15.2. The van der Waals surface area contributed by atoms with Crippen molar-refractivity contribution >= 4 is 22.9 Å². The molecular weight excluding hydrogens is 358 g/mol. The third-order valence-corrected chi connectivity index (χ3v) is 16.7. The number of fused-ring (bicyclic) bond motifs is 1. The van der Waals surface area contributed by atoms with Crippen LogP contribution in [0.25, 0.3) is 11.0 Å². The van der Waals surface area contributed by atoms with E-state index in [9.17, 15) is 4.79 Å². The van der Waals surface area contributed by atoms with Gasteiger partial charge < -0.3 is 4.42 Å². The molecule has 1 aromatic carbocycles. The monoisotopic (exact) mass is 369 g/mol. The third kappa shape index (κ3) is 0.299. The van der Waals surface area contributed by atoms with Crippen molar-refractivity contribution in [1.29, 1.82) is 0 Å². The molecule has 0 amide bonds. The second kappa shape index (κ2) is 1.64. The van der Waals surface area contributed by atoms with Crippen LogP contribution in [-0.4, -0.2) is 6.21 Å². The Bertz CT molecular complexity index is 1830. The van der Waals surface area contributed by atoms with Gasteiger partial charge in [-0.25, -0.2) is 4.79 Å². The molecule has 14 aliphatic carbocycles. The van der Waals surface area contributed by atoms with Gasteiger partial charge in [0.15, 0.2) is 0 Å². The SMILES string of the molecule is O=c1ccc2ccc(N=CC3C4C35C43C54C35C43C46C78C9%10C%11CC%119C%107C84C536)cc2o1. The molecule has 29 heavy (non-hydrogen) atoms. The standard InChI is InChI=1S/C26H11NO2/c28-13-4-2-8-1-3-9(5-11(8)29-13)27-7-10-14-16(10)18(14)20(16)22(18)24(20)25-21-17-12-6-15(12,17)19(17,21)23(21,25)26(22,24)25/h1-5,7,10,12,14H,6H2. The first-order valence-electron chi connectivity index (χ1n) is 11.9. The lowest BCUT2D eigenvalue weighted by Crippen LogP contribution is -2.17. The molecule has 3 heteroatoms. The molecule has 0 radical (unpaired) electrons. The lowest BCUT2D eigenvalue weighted by molar-refractivity contribution is 0.281. The van der Waals surface area contributed by atoms with E-state index in [1.54, 1.807) is 6.42 Å². The molecule has 14 fully saturated rings. The van der Waals surface area contributed by atoms with Crippen LogP contribution in [0.4, 0.5) is 5.69 Å². The fourth-order valence-corrected chi connectivity index (χ4v) is 18.6. The topological polar surface area (TPSA) is 42.6 Å². The fraction of sp³-hybridized carbons (Fsp3) is 0.615. The van der Waals surface area contributed by atoms with Crippen molar-refractivity contribution in [3.05, 3.63) is 40.8 Å². The summed E-state index contributed by atoms with van der Waals surface area (Å²) in [6, 6.07) is 9.31. The first-order valence-corrected chi connectivity index (χ1v) is 11.9. The van der Waals surface area contributed by atoms with Gasteiger partial charge in [-0.15, -0.1) is 0 Å². The van der Waals surface area contributed by atoms with Crippen molar-refractivity contribution in [2.75, 3.05) is 0 Å². The minimum atomic E-state index is -0.284. The van der Waals surface area contributed by atoms with E-state index in [4.69, 9.17) is 9.41 Å². The van der Waals surface area contributed by atoms with E-state index >= 15 is 0 Å². The number of nitrogens with zero attached hydrogens (tertiary/aromatic N) is 1. The molecule has 15 unspecified atom stereocenters. The molecule has 14 aliphatic rings. The van der Waals surface area contributed by atoms with E-state index in [2.05, 4.69) is 12.3 Å². The smallest absolute Gasteiger partial charge is 0.336 e. The summed E-state index contributed by atoms with van der Waals surface area (Å²) >= 11 is 0. The largest absolute Gasteiger partial charge is 0.423 e. The average Bonchev–Trinajstić information content (AvgIpc) is 3.47. The average molecular weight is 369 g/mol. The van der Waals surface area contributed by atoms with E-state index in [-0.39, 0.29) is 5.63 Å². The first kappa shape index (κ1) is 10.4. The van der Waals surface area contributed by atoms with Gasteiger partial charge in [-0.2, -0.15) is 0 Å². The van der Waals surface area contributed by atoms with Crippen molar-refractivity contribution in [2.45, 2.75) is 6.42 Å². The van der Waals surface area contributed by atoms with Gasteiger partial charge in [-0.3, -0.25) is 4.99 Å². The molecule has 0 N–H and O–H groups in total. The Balaban J connectivity index is 0.798. The minimum absolute atomic E-state index is 0.284. The lowest BCUT2D eigenvalue weighted by Gasteiger charge is -2.17. The molecule has 1 heterocycles. The molecule has 0 bridgehead atoms. The Morgan fingerprint density at radius 3 is 2.59 bits per heavy atom. The molecule has 15 atom stereocenters. The molecule has 12 spiro atoms. The maximum absolute atomic E-state index is 11.5. The van der Waals surface area contributed by atoms with E-state index in [0.29, 0.717) is 5.58 Å². The zero-order valence-corrected chi connectivity index (χ0v) is 15.2. The molecule has 0 saturated heterocycles. The molecule has 1 aromatic heterocycles. The Kier molecular flexibility index (Phi) is 0.589. The molecule has 14 saturated carbocycles. The number of hydrogen-bond acceptors (Lipinski definition) is 3. The summed E-state index contributed by atoms with van der Waals surface area (Å²) in [5.74, 6) is 3.14. The van der Waals surface area contributed by atoms with Gasteiger partial charge in [0, 0.05) is 29.7 Å². The highest BCUT2D eigenvalue weighted by Gasteiger charge is 3.85. The molecular formula is C26H11NO2. The van der Waals surface area contributed by atoms with Crippen LogP contribution < -0.4 is 5.63 Å². The van der Waals surface area contributed by atoms with Crippen LogP contribution in [0.15, 0.2) is 44.5 Å². The number of hydrogen-bond donors (Lipinski definition) is 0. The van der Waals surface area contributed by atoms with Crippen molar-refractivity contribution in [1.82, 2.24) is 0 Å². The molecule has 3 nitrogen and oxygen atoms in total. The lowest BCUT2D eigenvalue weighted by atomic mass is 9.85. The van der Waals surface area contributed by atoms with Crippen LogP contribution in [0.3, 0.4) is 0 Å². The highest BCUT2D eigenvalue weighted by atomic mass is 16.4. The summed E-state index contributed by atoms with van der Waals surface area (Å²) in [4.78, 5) is 16.3. The summed E-state index contributed by atoms with van der Waals surface area (Å²) in [5.41, 5.74) is 13.6. The Labute approximate surface area is 162 Å². The highest BCUT2D eigenvalue weighted by molar-refractivity contribution is 6.29. The Morgan fingerprint density at radius 2 is 1.72 bits per heavy atom. The summed E-state index contributed by atoms with van der Waals surface area (Å²) in [7, 11) is 0. The van der Waals surface area contributed by atoms with E-state index < -0.39 is 0 Å². The highest BCUT2D eigenvalue weighted by Crippen LogP contribution is 3.85. The molecule has 16 rings (SSSR count). The van der Waals surface area contributed by atoms with Gasteiger partial charge in [-0.1, -0.05) is 0 Å². The second-order valence-electron chi connectivity index (χ2n) is 14.0. The molecule has 2 aromatic rings. The van der Waals surface area contributed by atoms with Gasteiger partial charge >= 0.3 is 5.63 Å². The van der Waals surface area contributed by atoms with Crippen LogP contribution in [-0.2, 0) is 0 Å². The fourth-order valence-electron chi connectivity index (χ4n) is 18.6. The Hall–Kier alpha value is -1.90. The van der Waals surface area contributed by atoms with Crippen molar-refractivity contribution in [3.8, 4) is 0 Å². The number of benzene rings is 1. The van der Waals surface area contributed by atoms with Gasteiger partial charge in [0.05, 0.1) is 5.69 Å². The van der Waals surface area contributed by atoms with Gasteiger partial charge in [0.1, 0.15) is 5.58 Å². The normalized spacial score (nSPS) is 96.8. The van der Waals surface area contributed by atoms with Gasteiger partial charge in [0.25, 0.3) is 0 Å². The van der Waals surface area contributed by atoms with Crippen LogP contribution in [0.2, 0.25) is 0 Å². The summed E-state index contributed by atoms with van der Waals surface area (Å²) in [5, 5.41) is 0.969. The van der Waals surface area contributed by atoms with E-state index in [0.717, 1.165) is 87.9 Å². The molecule has 0 aliphatic heterocycles. The Morgan fingerprint density at radius 1 is 0.931 bits per heavy atom. The van der Waals surface area contributed by atoms with Gasteiger partial charge in [-0.05, 0) is 101 Å². The van der Waals surface area contributed by atoms with Crippen molar-refractivity contribution < 1.29 is 4.42 Å². The minimum Gasteiger partial charge on any atom is -0.423 e. The predicted molar refractivity (Wildman–Crippen MR) is 94.9 cm³/mol.